The van der Waals surface area contributed by atoms with E-state index in [1.165, 1.54) is 0 Å². The molecule has 0 heterocycles. The standard InChI is InChI=1S/C11H16Cl2O3/c1-2-3-4-5-6-16-11(15)8-9(14)7-10(12)13/h7H,2-6,8H2,1H3. The molecule has 0 aromatic rings. The van der Waals surface area contributed by atoms with E-state index in [1.807, 2.05) is 0 Å². The summed E-state index contributed by atoms with van der Waals surface area (Å²) in [5.41, 5.74) is 0. The molecule has 0 aliphatic carbocycles. The molecular weight excluding hydrogens is 251 g/mol. The van der Waals surface area contributed by atoms with Crippen molar-refractivity contribution >= 4 is 35.0 Å². The minimum atomic E-state index is -0.535. The molecule has 0 rings (SSSR count). The summed E-state index contributed by atoms with van der Waals surface area (Å²) in [5.74, 6) is -0.981. The van der Waals surface area contributed by atoms with Crippen molar-refractivity contribution < 1.29 is 14.3 Å². The van der Waals surface area contributed by atoms with E-state index in [0.717, 1.165) is 31.8 Å². The van der Waals surface area contributed by atoms with Crippen molar-refractivity contribution in [2.24, 2.45) is 0 Å². The number of halogens is 2. The number of carbonyl (C=O) groups excluding carboxylic acids is 2. The highest BCUT2D eigenvalue weighted by Gasteiger charge is 2.08. The number of ketones is 1. The molecule has 0 spiro atoms. The first-order valence-electron chi connectivity index (χ1n) is 5.27. The second-order valence-electron chi connectivity index (χ2n) is 3.36. The molecule has 0 aliphatic rings. The summed E-state index contributed by atoms with van der Waals surface area (Å²) in [4.78, 5) is 22.2. The number of carbonyl (C=O) groups is 2. The second-order valence-corrected chi connectivity index (χ2v) is 4.37. The molecule has 3 nitrogen and oxygen atoms in total. The Labute approximate surface area is 106 Å². The molecule has 0 aliphatic heterocycles. The van der Waals surface area contributed by atoms with Gasteiger partial charge in [-0.25, -0.2) is 0 Å². The van der Waals surface area contributed by atoms with Crippen LogP contribution >= 0.6 is 23.2 Å². The summed E-state index contributed by atoms with van der Waals surface area (Å²) in [6.45, 7) is 2.47. The lowest BCUT2D eigenvalue weighted by molar-refractivity contribution is -0.145. The van der Waals surface area contributed by atoms with Gasteiger partial charge in [0.25, 0.3) is 0 Å². The zero-order valence-electron chi connectivity index (χ0n) is 9.30. The van der Waals surface area contributed by atoms with Crippen LogP contribution < -0.4 is 0 Å². The Morgan fingerprint density at radius 3 is 2.44 bits per heavy atom. The molecule has 0 aromatic heterocycles. The van der Waals surface area contributed by atoms with Crippen molar-refractivity contribution in [1.82, 2.24) is 0 Å². The Bertz CT molecular complexity index is 258. The lowest BCUT2D eigenvalue weighted by atomic mass is 10.2. The van der Waals surface area contributed by atoms with Crippen LogP contribution in [-0.4, -0.2) is 18.4 Å². The highest BCUT2D eigenvalue weighted by molar-refractivity contribution is 6.56. The minimum Gasteiger partial charge on any atom is -0.465 e. The first-order valence-corrected chi connectivity index (χ1v) is 6.03. The van der Waals surface area contributed by atoms with Gasteiger partial charge in [-0.05, 0) is 6.42 Å². The molecule has 0 radical (unpaired) electrons. The number of unbranched alkanes of at least 4 members (excludes halogenated alkanes) is 3. The van der Waals surface area contributed by atoms with Gasteiger partial charge in [-0.2, -0.15) is 0 Å². The van der Waals surface area contributed by atoms with Crippen LogP contribution in [-0.2, 0) is 14.3 Å². The predicted octanol–water partition coefficient (Wildman–Crippen LogP) is 3.39. The Balaban J connectivity index is 3.59. The molecule has 0 unspecified atom stereocenters. The fourth-order valence-electron chi connectivity index (χ4n) is 1.08. The summed E-state index contributed by atoms with van der Waals surface area (Å²) in [6, 6.07) is 0. The number of allylic oxidation sites excluding steroid dienone is 1. The van der Waals surface area contributed by atoms with Crippen molar-refractivity contribution in [1.29, 1.82) is 0 Å². The van der Waals surface area contributed by atoms with Crippen molar-refractivity contribution in [3.05, 3.63) is 10.6 Å². The third kappa shape index (κ3) is 9.99. The fraction of sp³-hybridized carbons (Fsp3) is 0.636. The lowest BCUT2D eigenvalue weighted by Crippen LogP contribution is -2.10. The van der Waals surface area contributed by atoms with Crippen LogP contribution in [0.15, 0.2) is 10.6 Å². The van der Waals surface area contributed by atoms with Crippen LogP contribution in [0.1, 0.15) is 39.0 Å². The molecular formula is C11H16Cl2O3. The predicted molar refractivity (Wildman–Crippen MR) is 64.5 cm³/mol. The normalized spacial score (nSPS) is 9.69. The SMILES string of the molecule is CCCCCCOC(=O)CC(=O)C=C(Cl)Cl. The van der Waals surface area contributed by atoms with Crippen LogP contribution in [0.4, 0.5) is 0 Å². The van der Waals surface area contributed by atoms with Crippen molar-refractivity contribution in [2.75, 3.05) is 6.61 Å². The van der Waals surface area contributed by atoms with Gasteiger partial charge >= 0.3 is 5.97 Å². The summed E-state index contributed by atoms with van der Waals surface area (Å²) in [6.07, 6.45) is 4.82. The molecule has 0 aromatic carbocycles. The van der Waals surface area contributed by atoms with Crippen LogP contribution in [0.5, 0.6) is 0 Å². The van der Waals surface area contributed by atoms with Gasteiger partial charge in [0, 0.05) is 6.08 Å². The van der Waals surface area contributed by atoms with E-state index in [1.54, 1.807) is 0 Å². The maximum absolute atomic E-state index is 11.1. The zero-order chi connectivity index (χ0) is 12.4. The lowest BCUT2D eigenvalue weighted by Gasteiger charge is -2.02. The third-order valence-electron chi connectivity index (χ3n) is 1.85. The number of hydrogen-bond acceptors (Lipinski definition) is 3. The summed E-state index contributed by atoms with van der Waals surface area (Å²) >= 11 is 10.5. The van der Waals surface area contributed by atoms with Gasteiger partial charge in [-0.1, -0.05) is 49.4 Å². The molecule has 0 saturated heterocycles. The van der Waals surface area contributed by atoms with E-state index >= 15 is 0 Å². The molecule has 0 fully saturated rings. The molecule has 0 amide bonds. The van der Waals surface area contributed by atoms with Gasteiger partial charge in [-0.15, -0.1) is 0 Å². The molecule has 5 heteroatoms. The van der Waals surface area contributed by atoms with Gasteiger partial charge in [-0.3, -0.25) is 9.59 Å². The van der Waals surface area contributed by atoms with Crippen LogP contribution in [0.25, 0.3) is 0 Å². The Hall–Kier alpha value is -0.540. The van der Waals surface area contributed by atoms with E-state index in [0.29, 0.717) is 6.61 Å². The monoisotopic (exact) mass is 266 g/mol. The number of ether oxygens (including phenoxy) is 1. The number of hydrogen-bond donors (Lipinski definition) is 0. The maximum atomic E-state index is 11.1. The fourth-order valence-corrected chi connectivity index (χ4v) is 1.32. The third-order valence-corrected chi connectivity index (χ3v) is 2.07. The molecule has 0 atom stereocenters. The van der Waals surface area contributed by atoms with E-state index < -0.39 is 11.8 Å². The smallest absolute Gasteiger partial charge is 0.313 e. The number of rotatable bonds is 8. The molecule has 0 N–H and O–H groups in total. The van der Waals surface area contributed by atoms with Gasteiger partial charge in [0.15, 0.2) is 5.78 Å². The highest BCUT2D eigenvalue weighted by atomic mass is 35.5. The average Bonchev–Trinajstić information content (AvgIpc) is 2.15. The molecule has 0 bridgehead atoms. The first-order chi connectivity index (χ1) is 7.56. The van der Waals surface area contributed by atoms with Gasteiger partial charge < -0.3 is 4.74 Å². The minimum absolute atomic E-state index is 0.152. The van der Waals surface area contributed by atoms with Crippen LogP contribution in [0.2, 0.25) is 0 Å². The quantitative estimate of drug-likeness (QED) is 0.293. The van der Waals surface area contributed by atoms with Gasteiger partial charge in [0.2, 0.25) is 0 Å². The Morgan fingerprint density at radius 1 is 1.19 bits per heavy atom. The van der Waals surface area contributed by atoms with Gasteiger partial charge in [0.05, 0.1) is 6.61 Å². The topological polar surface area (TPSA) is 43.4 Å². The van der Waals surface area contributed by atoms with Crippen LogP contribution in [0, 0.1) is 0 Å². The Morgan fingerprint density at radius 2 is 1.88 bits per heavy atom. The zero-order valence-corrected chi connectivity index (χ0v) is 10.8. The van der Waals surface area contributed by atoms with E-state index in [4.69, 9.17) is 27.9 Å². The second kappa shape index (κ2) is 9.67. The van der Waals surface area contributed by atoms with Gasteiger partial charge in [0.1, 0.15) is 10.9 Å². The summed E-state index contributed by atoms with van der Waals surface area (Å²) in [7, 11) is 0. The molecule has 92 valence electrons. The molecule has 0 saturated carbocycles. The van der Waals surface area contributed by atoms with Crippen LogP contribution in [0.3, 0.4) is 0 Å². The van der Waals surface area contributed by atoms with E-state index in [2.05, 4.69) is 6.92 Å². The van der Waals surface area contributed by atoms with E-state index in [-0.39, 0.29) is 10.9 Å². The highest BCUT2D eigenvalue weighted by Crippen LogP contribution is 2.07. The Kier molecular flexibility index (Phi) is 9.34. The first kappa shape index (κ1) is 15.5. The summed E-state index contributed by atoms with van der Waals surface area (Å²) in [5, 5.41) is 0. The van der Waals surface area contributed by atoms with Crippen molar-refractivity contribution in [3.63, 3.8) is 0 Å². The van der Waals surface area contributed by atoms with Crippen molar-refractivity contribution in [3.8, 4) is 0 Å². The maximum Gasteiger partial charge on any atom is 0.313 e. The molecule has 16 heavy (non-hydrogen) atoms. The average molecular weight is 267 g/mol. The largest absolute Gasteiger partial charge is 0.465 e. The summed E-state index contributed by atoms with van der Waals surface area (Å²) < 4.78 is 4.71. The van der Waals surface area contributed by atoms with Crippen molar-refractivity contribution in [2.45, 2.75) is 39.0 Å². The number of esters is 1. The van der Waals surface area contributed by atoms with E-state index in [9.17, 15) is 9.59 Å².